The zero-order valence-corrected chi connectivity index (χ0v) is 11.3. The lowest BCUT2D eigenvalue weighted by Gasteiger charge is -2.24. The molecule has 104 valence electrons. The minimum atomic E-state index is 0.0867. The first-order valence-corrected chi connectivity index (χ1v) is 6.86. The summed E-state index contributed by atoms with van der Waals surface area (Å²) in [4.78, 5) is 14.1. The van der Waals surface area contributed by atoms with Crippen molar-refractivity contribution < 1.29 is 14.6 Å². The molecule has 1 aromatic carbocycles. The summed E-state index contributed by atoms with van der Waals surface area (Å²) in [5.74, 6) is 0.288. The second kappa shape index (κ2) is 6.57. The van der Waals surface area contributed by atoms with Crippen molar-refractivity contribution >= 4 is 5.91 Å². The minimum absolute atomic E-state index is 0.0867. The Balaban J connectivity index is 1.92. The highest BCUT2D eigenvalue weighted by atomic mass is 16.5. The van der Waals surface area contributed by atoms with Gasteiger partial charge in [-0.3, -0.25) is 4.79 Å². The van der Waals surface area contributed by atoms with Gasteiger partial charge in [0.05, 0.1) is 12.5 Å². The number of hydrogen-bond donors (Lipinski definition) is 1. The number of phenolic OH excluding ortho intramolecular Hbond substituents is 1. The fraction of sp³-hybridized carbons (Fsp3) is 0.533. The number of likely N-dealkylation sites (N-methyl/N-ethyl adjacent to an activating group) is 1. The van der Waals surface area contributed by atoms with E-state index in [0.29, 0.717) is 19.5 Å². The molecule has 0 bridgehead atoms. The Kier molecular flexibility index (Phi) is 4.80. The van der Waals surface area contributed by atoms with E-state index in [1.807, 2.05) is 17.9 Å². The molecule has 1 unspecified atom stereocenters. The molecule has 0 radical (unpaired) electrons. The van der Waals surface area contributed by atoms with Gasteiger partial charge in [0, 0.05) is 19.7 Å². The smallest absolute Gasteiger partial charge is 0.227 e. The van der Waals surface area contributed by atoms with Gasteiger partial charge in [-0.15, -0.1) is 0 Å². The summed E-state index contributed by atoms with van der Waals surface area (Å²) in [6, 6.07) is 6.86. The van der Waals surface area contributed by atoms with E-state index in [-0.39, 0.29) is 17.8 Å². The maximum atomic E-state index is 12.2. The average Bonchev–Trinajstić information content (AvgIpc) is 2.88. The number of benzene rings is 1. The molecule has 1 fully saturated rings. The summed E-state index contributed by atoms with van der Waals surface area (Å²) in [7, 11) is 0. The number of carbonyl (C=O) groups is 1. The molecule has 1 heterocycles. The molecule has 1 saturated heterocycles. The Morgan fingerprint density at radius 1 is 1.53 bits per heavy atom. The molecule has 4 heteroatoms. The van der Waals surface area contributed by atoms with Crippen LogP contribution in [0, 0.1) is 0 Å². The third-order valence-corrected chi connectivity index (χ3v) is 3.45. The lowest BCUT2D eigenvalue weighted by Crippen LogP contribution is -2.38. The maximum absolute atomic E-state index is 12.2. The van der Waals surface area contributed by atoms with Gasteiger partial charge in [-0.2, -0.15) is 0 Å². The number of rotatable bonds is 5. The average molecular weight is 263 g/mol. The van der Waals surface area contributed by atoms with Crippen molar-refractivity contribution in [1.29, 1.82) is 0 Å². The maximum Gasteiger partial charge on any atom is 0.227 e. The summed E-state index contributed by atoms with van der Waals surface area (Å²) in [5, 5.41) is 9.41. The Bertz CT molecular complexity index is 427. The second-order valence-electron chi connectivity index (χ2n) is 4.91. The van der Waals surface area contributed by atoms with E-state index in [0.717, 1.165) is 25.0 Å². The molecule has 1 atom stereocenters. The van der Waals surface area contributed by atoms with Crippen LogP contribution in [-0.2, 0) is 16.0 Å². The summed E-state index contributed by atoms with van der Waals surface area (Å²) < 4.78 is 5.57. The van der Waals surface area contributed by atoms with Crippen molar-refractivity contribution in [1.82, 2.24) is 4.90 Å². The summed E-state index contributed by atoms with van der Waals surface area (Å²) >= 11 is 0. The van der Waals surface area contributed by atoms with Crippen LogP contribution in [0.4, 0.5) is 0 Å². The van der Waals surface area contributed by atoms with E-state index in [1.54, 1.807) is 18.2 Å². The van der Waals surface area contributed by atoms with Gasteiger partial charge in [0.25, 0.3) is 0 Å². The molecule has 19 heavy (non-hydrogen) atoms. The second-order valence-corrected chi connectivity index (χ2v) is 4.91. The van der Waals surface area contributed by atoms with E-state index in [9.17, 15) is 9.90 Å². The molecule has 4 nitrogen and oxygen atoms in total. The van der Waals surface area contributed by atoms with Crippen molar-refractivity contribution in [2.45, 2.75) is 32.3 Å². The largest absolute Gasteiger partial charge is 0.508 e. The van der Waals surface area contributed by atoms with Crippen molar-refractivity contribution in [2.75, 3.05) is 19.7 Å². The topological polar surface area (TPSA) is 49.8 Å². The number of carbonyl (C=O) groups excluding carboxylic acids is 1. The van der Waals surface area contributed by atoms with E-state index in [1.165, 1.54) is 0 Å². The van der Waals surface area contributed by atoms with Crippen LogP contribution in [0.5, 0.6) is 5.75 Å². The Hall–Kier alpha value is -1.55. The van der Waals surface area contributed by atoms with Gasteiger partial charge in [0.15, 0.2) is 0 Å². The van der Waals surface area contributed by atoms with E-state index in [4.69, 9.17) is 4.74 Å². The first kappa shape index (κ1) is 13.9. The summed E-state index contributed by atoms with van der Waals surface area (Å²) in [6.45, 7) is 4.16. The Labute approximate surface area is 114 Å². The molecular weight excluding hydrogens is 242 g/mol. The van der Waals surface area contributed by atoms with Gasteiger partial charge < -0.3 is 14.7 Å². The van der Waals surface area contributed by atoms with E-state index >= 15 is 0 Å². The number of aromatic hydroxyl groups is 1. The van der Waals surface area contributed by atoms with Crippen molar-refractivity contribution in [3.05, 3.63) is 29.8 Å². The van der Waals surface area contributed by atoms with Crippen LogP contribution in [0.1, 0.15) is 25.3 Å². The monoisotopic (exact) mass is 263 g/mol. The van der Waals surface area contributed by atoms with Crippen molar-refractivity contribution in [2.24, 2.45) is 0 Å². The van der Waals surface area contributed by atoms with Gasteiger partial charge in [-0.25, -0.2) is 0 Å². The van der Waals surface area contributed by atoms with Crippen LogP contribution >= 0.6 is 0 Å². The number of ether oxygens (including phenoxy) is 1. The van der Waals surface area contributed by atoms with Crippen LogP contribution in [-0.4, -0.2) is 41.7 Å². The predicted octanol–water partition coefficient (Wildman–Crippen LogP) is 1.96. The third-order valence-electron chi connectivity index (χ3n) is 3.45. The van der Waals surface area contributed by atoms with Crippen LogP contribution < -0.4 is 0 Å². The number of amides is 1. The van der Waals surface area contributed by atoms with E-state index in [2.05, 4.69) is 0 Å². The molecule has 1 amide bonds. The minimum Gasteiger partial charge on any atom is -0.508 e. The molecule has 1 aliphatic heterocycles. The van der Waals surface area contributed by atoms with Gasteiger partial charge in [-0.05, 0) is 37.5 Å². The van der Waals surface area contributed by atoms with Gasteiger partial charge in [0.2, 0.25) is 5.91 Å². The van der Waals surface area contributed by atoms with Gasteiger partial charge in [-0.1, -0.05) is 12.1 Å². The summed E-state index contributed by atoms with van der Waals surface area (Å²) in [6.07, 6.45) is 2.64. The third kappa shape index (κ3) is 3.96. The lowest BCUT2D eigenvalue weighted by molar-refractivity contribution is -0.131. The Morgan fingerprint density at radius 2 is 2.37 bits per heavy atom. The highest BCUT2D eigenvalue weighted by Gasteiger charge is 2.21. The number of nitrogens with zero attached hydrogens (tertiary/aromatic N) is 1. The molecule has 1 N–H and O–H groups in total. The number of phenols is 1. The molecular formula is C15H21NO3. The van der Waals surface area contributed by atoms with Crippen molar-refractivity contribution in [3.63, 3.8) is 0 Å². The summed E-state index contributed by atoms with van der Waals surface area (Å²) in [5.41, 5.74) is 0.843. The SMILES string of the molecule is CCN(CC1CCCO1)C(=O)Cc1cccc(O)c1. The van der Waals surface area contributed by atoms with Gasteiger partial charge >= 0.3 is 0 Å². The lowest BCUT2D eigenvalue weighted by atomic mass is 10.1. The molecule has 2 rings (SSSR count). The fourth-order valence-electron chi connectivity index (χ4n) is 2.39. The quantitative estimate of drug-likeness (QED) is 0.883. The first-order chi connectivity index (χ1) is 9.19. The van der Waals surface area contributed by atoms with Crippen LogP contribution in [0.3, 0.4) is 0 Å². The molecule has 1 aromatic rings. The fourth-order valence-corrected chi connectivity index (χ4v) is 2.39. The van der Waals surface area contributed by atoms with Crippen molar-refractivity contribution in [3.8, 4) is 5.75 Å². The van der Waals surface area contributed by atoms with Crippen LogP contribution in [0.2, 0.25) is 0 Å². The van der Waals surface area contributed by atoms with Gasteiger partial charge in [0.1, 0.15) is 5.75 Å². The number of hydrogen-bond acceptors (Lipinski definition) is 3. The highest BCUT2D eigenvalue weighted by molar-refractivity contribution is 5.78. The molecule has 0 aliphatic carbocycles. The van der Waals surface area contributed by atoms with E-state index < -0.39 is 0 Å². The van der Waals surface area contributed by atoms with Crippen LogP contribution in [0.15, 0.2) is 24.3 Å². The normalized spacial score (nSPS) is 18.5. The first-order valence-electron chi connectivity index (χ1n) is 6.86. The zero-order chi connectivity index (χ0) is 13.7. The predicted molar refractivity (Wildman–Crippen MR) is 73.0 cm³/mol. The van der Waals surface area contributed by atoms with Crippen LogP contribution in [0.25, 0.3) is 0 Å². The molecule has 0 saturated carbocycles. The molecule has 0 spiro atoms. The highest BCUT2D eigenvalue weighted by Crippen LogP contribution is 2.15. The standard InChI is InChI=1S/C15H21NO3/c1-2-16(11-14-7-4-8-19-14)15(18)10-12-5-3-6-13(17)9-12/h3,5-6,9,14,17H,2,4,7-8,10-11H2,1H3. The molecule has 0 aromatic heterocycles. The molecule has 1 aliphatic rings. The Morgan fingerprint density at radius 3 is 3.00 bits per heavy atom. The zero-order valence-electron chi connectivity index (χ0n) is 11.3.